The fraction of sp³-hybridized carbons (Fsp3) is 0.588. The lowest BCUT2D eigenvalue weighted by atomic mass is 10.2. The van der Waals surface area contributed by atoms with E-state index in [-0.39, 0.29) is 0 Å². The van der Waals surface area contributed by atoms with Crippen molar-refractivity contribution in [3.8, 4) is 0 Å². The number of nitrogens with zero attached hydrogens (tertiary/aromatic N) is 4. The fourth-order valence-electron chi connectivity index (χ4n) is 3.37. The van der Waals surface area contributed by atoms with Crippen LogP contribution in [0.4, 0.5) is 0 Å². The van der Waals surface area contributed by atoms with E-state index in [9.17, 15) is 0 Å². The van der Waals surface area contributed by atoms with E-state index in [1.165, 1.54) is 0 Å². The number of rotatable bonds is 5. The predicted octanol–water partition coefficient (Wildman–Crippen LogP) is 2.38. The van der Waals surface area contributed by atoms with Crippen molar-refractivity contribution >= 4 is 22.5 Å². The van der Waals surface area contributed by atoms with Gasteiger partial charge in [0.15, 0.2) is 0 Å². The second kappa shape index (κ2) is 7.18. The van der Waals surface area contributed by atoms with E-state index in [1.54, 1.807) is 0 Å². The van der Waals surface area contributed by atoms with Gasteiger partial charge < -0.3 is 4.74 Å². The van der Waals surface area contributed by atoms with E-state index in [0.717, 1.165) is 61.0 Å². The summed E-state index contributed by atoms with van der Waals surface area (Å²) in [6.45, 7) is 7.81. The van der Waals surface area contributed by atoms with Gasteiger partial charge in [0, 0.05) is 44.7 Å². The average Bonchev–Trinajstić information content (AvgIpc) is 2.85. The van der Waals surface area contributed by atoms with Crippen molar-refractivity contribution in [3.05, 3.63) is 28.9 Å². The van der Waals surface area contributed by atoms with E-state index < -0.39 is 0 Å². The van der Waals surface area contributed by atoms with Gasteiger partial charge in [-0.15, -0.1) is 0 Å². The Morgan fingerprint density at radius 3 is 2.83 bits per heavy atom. The van der Waals surface area contributed by atoms with E-state index in [0.29, 0.717) is 6.04 Å². The Morgan fingerprint density at radius 1 is 1.35 bits per heavy atom. The molecule has 1 aromatic heterocycles. The van der Waals surface area contributed by atoms with Crippen LogP contribution in [0.1, 0.15) is 12.6 Å². The van der Waals surface area contributed by atoms with Gasteiger partial charge in [-0.25, -0.2) is 0 Å². The molecule has 5 nitrogen and oxygen atoms in total. The summed E-state index contributed by atoms with van der Waals surface area (Å²) in [5, 5.41) is 6.52. The number of morpholine rings is 1. The first kappa shape index (κ1) is 16.7. The molecule has 126 valence electrons. The summed E-state index contributed by atoms with van der Waals surface area (Å²) in [5.41, 5.74) is 2.13. The highest BCUT2D eigenvalue weighted by molar-refractivity contribution is 6.35. The monoisotopic (exact) mass is 336 g/mol. The second-order valence-corrected chi connectivity index (χ2v) is 6.81. The lowest BCUT2D eigenvalue weighted by Crippen LogP contribution is -2.46. The minimum absolute atomic E-state index is 0.509. The van der Waals surface area contributed by atoms with E-state index >= 15 is 0 Å². The van der Waals surface area contributed by atoms with Gasteiger partial charge in [0.1, 0.15) is 0 Å². The highest BCUT2D eigenvalue weighted by atomic mass is 35.5. The lowest BCUT2D eigenvalue weighted by molar-refractivity contribution is 0.0136. The molecule has 1 aliphatic heterocycles. The molecule has 6 heteroatoms. The largest absolute Gasteiger partial charge is 0.379 e. The van der Waals surface area contributed by atoms with Crippen LogP contribution in [0.15, 0.2) is 18.2 Å². The Morgan fingerprint density at radius 2 is 2.09 bits per heavy atom. The molecule has 1 fully saturated rings. The lowest BCUT2D eigenvalue weighted by Gasteiger charge is -2.34. The Bertz CT molecular complexity index is 666. The molecule has 23 heavy (non-hydrogen) atoms. The molecular weight excluding hydrogens is 312 g/mol. The van der Waals surface area contributed by atoms with Crippen molar-refractivity contribution in [2.75, 3.05) is 39.9 Å². The van der Waals surface area contributed by atoms with Crippen LogP contribution in [0.2, 0.25) is 5.02 Å². The van der Waals surface area contributed by atoms with Gasteiger partial charge in [-0.05, 0) is 26.1 Å². The van der Waals surface area contributed by atoms with Crippen LogP contribution in [0.25, 0.3) is 10.9 Å². The highest BCUT2D eigenvalue weighted by Gasteiger charge is 2.20. The Labute approximate surface area is 142 Å². The number of hydrogen-bond donors (Lipinski definition) is 0. The molecule has 0 unspecified atom stereocenters. The summed E-state index contributed by atoms with van der Waals surface area (Å²) < 4.78 is 7.34. The van der Waals surface area contributed by atoms with Gasteiger partial charge >= 0.3 is 0 Å². The summed E-state index contributed by atoms with van der Waals surface area (Å²) in [7, 11) is 4.12. The SMILES string of the molecule is C[C@H](CN(C)Cc1nn(C)c2cccc(Cl)c12)N1CCOCC1. The molecule has 0 spiro atoms. The van der Waals surface area contributed by atoms with Crippen LogP contribution >= 0.6 is 11.6 Å². The van der Waals surface area contributed by atoms with Crippen molar-refractivity contribution in [2.45, 2.75) is 19.5 Å². The maximum Gasteiger partial charge on any atom is 0.0858 e. The molecule has 0 radical (unpaired) electrons. The number of halogens is 1. The number of ether oxygens (including phenoxy) is 1. The zero-order chi connectivity index (χ0) is 16.4. The first-order valence-corrected chi connectivity index (χ1v) is 8.54. The zero-order valence-electron chi connectivity index (χ0n) is 14.1. The van der Waals surface area contributed by atoms with Gasteiger partial charge in [-0.3, -0.25) is 14.5 Å². The highest BCUT2D eigenvalue weighted by Crippen LogP contribution is 2.27. The van der Waals surface area contributed by atoms with E-state index in [2.05, 4.69) is 34.9 Å². The maximum absolute atomic E-state index is 6.39. The van der Waals surface area contributed by atoms with Crippen molar-refractivity contribution in [1.29, 1.82) is 0 Å². The molecule has 3 rings (SSSR count). The van der Waals surface area contributed by atoms with Crippen molar-refractivity contribution < 1.29 is 4.74 Å². The summed E-state index contributed by atoms with van der Waals surface area (Å²) >= 11 is 6.39. The van der Waals surface area contributed by atoms with Gasteiger partial charge in [-0.2, -0.15) is 5.10 Å². The summed E-state index contributed by atoms with van der Waals surface area (Å²) in [6, 6.07) is 6.48. The molecule has 2 heterocycles. The van der Waals surface area contributed by atoms with Crippen molar-refractivity contribution in [3.63, 3.8) is 0 Å². The molecule has 1 aromatic carbocycles. The van der Waals surface area contributed by atoms with Gasteiger partial charge in [0.2, 0.25) is 0 Å². The zero-order valence-corrected chi connectivity index (χ0v) is 14.9. The molecule has 0 aliphatic carbocycles. The minimum atomic E-state index is 0.509. The van der Waals surface area contributed by atoms with Crippen LogP contribution in [0, 0.1) is 0 Å². The number of likely N-dealkylation sites (N-methyl/N-ethyl adjacent to an activating group) is 1. The molecule has 0 bridgehead atoms. The Balaban J connectivity index is 1.69. The molecule has 2 aromatic rings. The van der Waals surface area contributed by atoms with Crippen molar-refractivity contribution in [2.24, 2.45) is 7.05 Å². The number of aromatic nitrogens is 2. The van der Waals surface area contributed by atoms with Crippen LogP contribution < -0.4 is 0 Å². The molecule has 0 saturated carbocycles. The van der Waals surface area contributed by atoms with E-state index in [1.807, 2.05) is 23.9 Å². The smallest absolute Gasteiger partial charge is 0.0858 e. The summed E-state index contributed by atoms with van der Waals surface area (Å²) in [5.74, 6) is 0. The molecular formula is C17H25ClN4O. The average molecular weight is 337 g/mol. The molecule has 1 saturated heterocycles. The quantitative estimate of drug-likeness (QED) is 0.839. The summed E-state index contributed by atoms with van der Waals surface area (Å²) in [4.78, 5) is 4.81. The predicted molar refractivity (Wildman–Crippen MR) is 93.9 cm³/mol. The van der Waals surface area contributed by atoms with Crippen LogP contribution in [0.5, 0.6) is 0 Å². The molecule has 0 amide bonds. The van der Waals surface area contributed by atoms with Crippen LogP contribution in [-0.2, 0) is 18.3 Å². The first-order chi connectivity index (χ1) is 11.1. The number of hydrogen-bond acceptors (Lipinski definition) is 4. The van der Waals surface area contributed by atoms with Crippen molar-refractivity contribution in [1.82, 2.24) is 19.6 Å². The van der Waals surface area contributed by atoms with E-state index in [4.69, 9.17) is 16.3 Å². The number of fused-ring (bicyclic) bond motifs is 1. The molecule has 0 N–H and O–H groups in total. The number of benzene rings is 1. The number of aryl methyl sites for hydroxylation is 1. The maximum atomic E-state index is 6.39. The van der Waals surface area contributed by atoms with Crippen LogP contribution in [0.3, 0.4) is 0 Å². The first-order valence-electron chi connectivity index (χ1n) is 8.16. The molecule has 1 atom stereocenters. The third-order valence-corrected chi connectivity index (χ3v) is 4.88. The Hall–Kier alpha value is -1.14. The minimum Gasteiger partial charge on any atom is -0.379 e. The summed E-state index contributed by atoms with van der Waals surface area (Å²) in [6.07, 6.45) is 0. The topological polar surface area (TPSA) is 33.5 Å². The molecule has 1 aliphatic rings. The Kier molecular flexibility index (Phi) is 5.21. The van der Waals surface area contributed by atoms with Gasteiger partial charge in [0.25, 0.3) is 0 Å². The standard InChI is InChI=1S/C17H25ClN4O/c1-13(22-7-9-23-10-8-22)11-20(2)12-15-17-14(18)5-4-6-16(17)21(3)19-15/h4-6,13H,7-12H2,1-3H3/t13-/m1/s1. The fourth-order valence-corrected chi connectivity index (χ4v) is 3.65. The second-order valence-electron chi connectivity index (χ2n) is 6.40. The van der Waals surface area contributed by atoms with Gasteiger partial charge in [0.05, 0.1) is 29.4 Å². The third-order valence-electron chi connectivity index (χ3n) is 4.56. The van der Waals surface area contributed by atoms with Crippen LogP contribution in [-0.4, -0.2) is 65.5 Å². The third kappa shape index (κ3) is 3.69. The normalized spacial score (nSPS) is 18.0. The van der Waals surface area contributed by atoms with Gasteiger partial charge in [-0.1, -0.05) is 17.7 Å².